The molecule has 0 radical (unpaired) electrons. The van der Waals surface area contributed by atoms with Gasteiger partial charge in [-0.1, -0.05) is 6.07 Å². The molecule has 0 saturated heterocycles. The highest BCUT2D eigenvalue weighted by molar-refractivity contribution is 8.00. The number of carbonyl (C=O) groups excluding carboxylic acids is 2. The largest absolute Gasteiger partial charge is 0.316 e. The second-order valence-corrected chi connectivity index (χ2v) is 4.81. The number of carbonyl (C=O) groups is 2. The standard InChI is InChI=1S/C12H14N2O2S/c1-13-7-9-2-3-11-10(6-9)14(4-5-15)12(16)8-17-11/h2-3,5-6,13H,4,7-8H2,1H3. The number of nitrogens with zero attached hydrogens (tertiary/aromatic N) is 1. The zero-order valence-corrected chi connectivity index (χ0v) is 10.4. The fourth-order valence-corrected chi connectivity index (χ4v) is 2.75. The lowest BCUT2D eigenvalue weighted by Crippen LogP contribution is -2.36. The smallest absolute Gasteiger partial charge is 0.237 e. The van der Waals surface area contributed by atoms with Crippen molar-refractivity contribution in [3.63, 3.8) is 0 Å². The molecule has 0 bridgehead atoms. The lowest BCUT2D eigenvalue weighted by Gasteiger charge is -2.27. The van der Waals surface area contributed by atoms with Crippen LogP contribution in [-0.4, -0.2) is 31.5 Å². The van der Waals surface area contributed by atoms with Gasteiger partial charge in [-0.15, -0.1) is 11.8 Å². The number of rotatable bonds is 4. The molecule has 4 nitrogen and oxygen atoms in total. The lowest BCUT2D eigenvalue weighted by molar-refractivity contribution is -0.117. The van der Waals surface area contributed by atoms with Crippen molar-refractivity contribution in [3.05, 3.63) is 23.8 Å². The second kappa shape index (κ2) is 5.33. The molecule has 0 aliphatic carbocycles. The van der Waals surface area contributed by atoms with Crippen molar-refractivity contribution in [2.75, 3.05) is 24.2 Å². The van der Waals surface area contributed by atoms with Crippen molar-refractivity contribution in [2.45, 2.75) is 11.4 Å². The molecule has 0 spiro atoms. The summed E-state index contributed by atoms with van der Waals surface area (Å²) in [5.41, 5.74) is 1.96. The number of nitrogens with one attached hydrogen (secondary N) is 1. The van der Waals surface area contributed by atoms with Gasteiger partial charge in [0, 0.05) is 11.4 Å². The van der Waals surface area contributed by atoms with Gasteiger partial charge in [0.05, 0.1) is 18.0 Å². The molecule has 0 fully saturated rings. The van der Waals surface area contributed by atoms with Crippen LogP contribution < -0.4 is 10.2 Å². The van der Waals surface area contributed by atoms with Crippen LogP contribution in [0, 0.1) is 0 Å². The molecule has 0 saturated carbocycles. The quantitative estimate of drug-likeness (QED) is 0.811. The third-order valence-electron chi connectivity index (χ3n) is 2.60. The predicted octanol–water partition coefficient (Wildman–Crippen LogP) is 1.04. The molecule has 17 heavy (non-hydrogen) atoms. The van der Waals surface area contributed by atoms with Crippen molar-refractivity contribution in [1.82, 2.24) is 5.32 Å². The highest BCUT2D eigenvalue weighted by Crippen LogP contribution is 2.35. The Balaban J connectivity index is 2.37. The van der Waals surface area contributed by atoms with E-state index >= 15 is 0 Å². The number of anilines is 1. The number of hydrogen-bond acceptors (Lipinski definition) is 4. The number of aldehydes is 1. The summed E-state index contributed by atoms with van der Waals surface area (Å²) in [5.74, 6) is 0.405. The maximum atomic E-state index is 11.7. The van der Waals surface area contributed by atoms with Crippen LogP contribution in [0.5, 0.6) is 0 Å². The van der Waals surface area contributed by atoms with Crippen LogP contribution in [0.1, 0.15) is 5.56 Å². The summed E-state index contributed by atoms with van der Waals surface area (Å²) in [4.78, 5) is 25.0. The second-order valence-electron chi connectivity index (χ2n) is 3.79. The van der Waals surface area contributed by atoms with Crippen molar-refractivity contribution in [3.8, 4) is 0 Å². The molecule has 0 unspecified atom stereocenters. The van der Waals surface area contributed by atoms with Crippen LogP contribution in [0.3, 0.4) is 0 Å². The van der Waals surface area contributed by atoms with E-state index in [1.54, 1.807) is 4.90 Å². The topological polar surface area (TPSA) is 49.4 Å². The Labute approximate surface area is 104 Å². The van der Waals surface area contributed by atoms with E-state index in [2.05, 4.69) is 5.32 Å². The van der Waals surface area contributed by atoms with Crippen molar-refractivity contribution >= 4 is 29.6 Å². The van der Waals surface area contributed by atoms with E-state index in [9.17, 15) is 9.59 Å². The van der Waals surface area contributed by atoms with Crippen LogP contribution in [-0.2, 0) is 16.1 Å². The van der Waals surface area contributed by atoms with Crippen molar-refractivity contribution < 1.29 is 9.59 Å². The summed E-state index contributed by atoms with van der Waals surface area (Å²) in [6.07, 6.45) is 0.766. The lowest BCUT2D eigenvalue weighted by atomic mass is 10.1. The summed E-state index contributed by atoms with van der Waals surface area (Å²) in [5, 5.41) is 3.07. The van der Waals surface area contributed by atoms with Gasteiger partial charge < -0.3 is 15.0 Å². The Morgan fingerprint density at radius 3 is 3.06 bits per heavy atom. The van der Waals surface area contributed by atoms with Gasteiger partial charge in [0.2, 0.25) is 5.91 Å². The number of fused-ring (bicyclic) bond motifs is 1. The Morgan fingerprint density at radius 1 is 1.53 bits per heavy atom. The monoisotopic (exact) mass is 250 g/mol. The first-order valence-corrected chi connectivity index (χ1v) is 6.39. The summed E-state index contributed by atoms with van der Waals surface area (Å²) in [7, 11) is 1.88. The normalized spacial score (nSPS) is 14.6. The molecule has 1 amide bonds. The minimum Gasteiger partial charge on any atom is -0.316 e. The number of benzene rings is 1. The van der Waals surface area contributed by atoms with E-state index in [4.69, 9.17) is 0 Å². The van der Waals surface area contributed by atoms with Crippen LogP contribution in [0.2, 0.25) is 0 Å². The Morgan fingerprint density at radius 2 is 2.35 bits per heavy atom. The van der Waals surface area contributed by atoms with Crippen molar-refractivity contribution in [2.24, 2.45) is 0 Å². The fraction of sp³-hybridized carbons (Fsp3) is 0.333. The molecule has 1 aliphatic heterocycles. The summed E-state index contributed by atoms with van der Waals surface area (Å²) in [6, 6.07) is 6.02. The van der Waals surface area contributed by atoms with E-state index in [0.29, 0.717) is 5.75 Å². The minimum atomic E-state index is -0.00351. The molecule has 1 aromatic rings. The molecule has 90 valence electrons. The SMILES string of the molecule is CNCc1ccc2c(c1)N(CC=O)C(=O)CS2. The first-order valence-electron chi connectivity index (χ1n) is 5.40. The van der Waals surface area contributed by atoms with Gasteiger partial charge in [-0.2, -0.15) is 0 Å². The van der Waals surface area contributed by atoms with E-state index < -0.39 is 0 Å². The summed E-state index contributed by atoms with van der Waals surface area (Å²) < 4.78 is 0. The number of thioether (sulfide) groups is 1. The van der Waals surface area contributed by atoms with Gasteiger partial charge in [0.1, 0.15) is 6.29 Å². The highest BCUT2D eigenvalue weighted by atomic mass is 32.2. The maximum Gasteiger partial charge on any atom is 0.237 e. The number of hydrogen-bond donors (Lipinski definition) is 1. The van der Waals surface area contributed by atoms with Crippen LogP contribution >= 0.6 is 11.8 Å². The molecule has 1 aromatic carbocycles. The molecular weight excluding hydrogens is 236 g/mol. The molecule has 0 aromatic heterocycles. The van der Waals surface area contributed by atoms with Gasteiger partial charge in [-0.3, -0.25) is 4.79 Å². The van der Waals surface area contributed by atoms with E-state index in [1.165, 1.54) is 11.8 Å². The van der Waals surface area contributed by atoms with Gasteiger partial charge in [-0.05, 0) is 24.7 Å². The summed E-state index contributed by atoms with van der Waals surface area (Å²) >= 11 is 1.53. The van der Waals surface area contributed by atoms with Gasteiger partial charge >= 0.3 is 0 Å². The predicted molar refractivity (Wildman–Crippen MR) is 68.3 cm³/mol. The average molecular weight is 250 g/mol. The van der Waals surface area contributed by atoms with Crippen LogP contribution in [0.4, 0.5) is 5.69 Å². The van der Waals surface area contributed by atoms with Crippen LogP contribution in [0.15, 0.2) is 23.1 Å². The first-order chi connectivity index (χ1) is 8.26. The summed E-state index contributed by atoms with van der Waals surface area (Å²) in [6.45, 7) is 0.885. The average Bonchev–Trinajstić information content (AvgIpc) is 2.33. The third kappa shape index (κ3) is 2.50. The first kappa shape index (κ1) is 12.1. The minimum absolute atomic E-state index is 0.00351. The fourth-order valence-electron chi connectivity index (χ4n) is 1.84. The molecule has 1 heterocycles. The van der Waals surface area contributed by atoms with E-state index in [-0.39, 0.29) is 12.5 Å². The van der Waals surface area contributed by atoms with Gasteiger partial charge in [0.25, 0.3) is 0 Å². The molecule has 0 atom stereocenters. The Bertz CT molecular complexity index is 448. The zero-order valence-electron chi connectivity index (χ0n) is 9.60. The van der Waals surface area contributed by atoms with E-state index in [1.807, 2.05) is 25.2 Å². The third-order valence-corrected chi connectivity index (χ3v) is 3.65. The van der Waals surface area contributed by atoms with Gasteiger partial charge in [0.15, 0.2) is 0 Å². The van der Waals surface area contributed by atoms with Gasteiger partial charge in [-0.25, -0.2) is 0 Å². The zero-order chi connectivity index (χ0) is 12.3. The highest BCUT2D eigenvalue weighted by Gasteiger charge is 2.24. The Hall–Kier alpha value is -1.33. The molecular formula is C12H14N2O2S. The Kier molecular flexibility index (Phi) is 3.81. The molecule has 2 rings (SSSR count). The maximum absolute atomic E-state index is 11.7. The molecule has 1 N–H and O–H groups in total. The number of amides is 1. The van der Waals surface area contributed by atoms with Crippen LogP contribution in [0.25, 0.3) is 0 Å². The molecule has 5 heteroatoms. The van der Waals surface area contributed by atoms with E-state index in [0.717, 1.165) is 29.0 Å². The molecule has 1 aliphatic rings. The van der Waals surface area contributed by atoms with Crippen molar-refractivity contribution in [1.29, 1.82) is 0 Å².